The second-order valence-corrected chi connectivity index (χ2v) is 6.60. The molecule has 0 saturated heterocycles. The molecule has 5 nitrogen and oxygen atoms in total. The number of rotatable bonds is 7. The fraction of sp³-hybridized carbons (Fsp3) is 0.300. The molecule has 0 heterocycles. The van der Waals surface area contributed by atoms with Crippen molar-refractivity contribution in [3.8, 4) is 0 Å². The molecular weight excluding hydrogens is 350 g/mol. The summed E-state index contributed by atoms with van der Waals surface area (Å²) in [5.74, 6) is -0.579. The van der Waals surface area contributed by atoms with E-state index < -0.39 is 0 Å². The van der Waals surface area contributed by atoms with Gasteiger partial charge in [-0.05, 0) is 69.3 Å². The Balaban J connectivity index is 1.89. The number of carbonyl (C=O) groups excluding carboxylic acids is 2. The van der Waals surface area contributed by atoms with Crippen molar-refractivity contribution in [3.63, 3.8) is 0 Å². The van der Waals surface area contributed by atoms with Gasteiger partial charge in [-0.3, -0.25) is 9.59 Å². The number of hydrogen-bond donors (Lipinski definition) is 2. The van der Waals surface area contributed by atoms with Gasteiger partial charge in [0.1, 0.15) is 0 Å². The topological polar surface area (TPSA) is 61.4 Å². The zero-order chi connectivity index (χ0) is 19.1. The Morgan fingerprint density at radius 2 is 1.65 bits per heavy atom. The lowest BCUT2D eigenvalue weighted by Crippen LogP contribution is -2.33. The number of halogens is 1. The lowest BCUT2D eigenvalue weighted by molar-refractivity contribution is -0.115. The van der Waals surface area contributed by atoms with E-state index in [9.17, 15) is 9.59 Å². The van der Waals surface area contributed by atoms with Crippen molar-refractivity contribution in [2.45, 2.75) is 26.8 Å². The summed E-state index contributed by atoms with van der Waals surface area (Å²) >= 11 is 5.80. The molecule has 2 aromatic rings. The van der Waals surface area contributed by atoms with Gasteiger partial charge in [-0.1, -0.05) is 11.6 Å². The Hall–Kier alpha value is -2.53. The summed E-state index contributed by atoms with van der Waals surface area (Å²) in [5.41, 5.74) is 2.22. The molecule has 26 heavy (non-hydrogen) atoms. The lowest BCUT2D eigenvalue weighted by Gasteiger charge is -2.27. The smallest absolute Gasteiger partial charge is 0.251 e. The monoisotopic (exact) mass is 373 g/mol. The van der Waals surface area contributed by atoms with Crippen LogP contribution in [-0.4, -0.2) is 30.9 Å². The molecule has 138 valence electrons. The molecule has 2 aromatic carbocycles. The van der Waals surface area contributed by atoms with Crippen LogP contribution in [0.5, 0.6) is 0 Å². The maximum absolute atomic E-state index is 12.2. The molecule has 0 aromatic heterocycles. The molecule has 0 unspecified atom stereocenters. The highest BCUT2D eigenvalue weighted by Crippen LogP contribution is 2.17. The first kappa shape index (κ1) is 19.8. The van der Waals surface area contributed by atoms with Crippen molar-refractivity contribution in [1.82, 2.24) is 5.32 Å². The molecule has 0 saturated carbocycles. The Kier molecular flexibility index (Phi) is 7.04. The quantitative estimate of drug-likeness (QED) is 0.772. The number of amides is 2. The van der Waals surface area contributed by atoms with E-state index in [1.54, 1.807) is 36.4 Å². The minimum absolute atomic E-state index is 0.101. The van der Waals surface area contributed by atoms with E-state index in [0.717, 1.165) is 12.2 Å². The number of benzene rings is 2. The average molecular weight is 374 g/mol. The van der Waals surface area contributed by atoms with Crippen LogP contribution in [0.4, 0.5) is 11.4 Å². The summed E-state index contributed by atoms with van der Waals surface area (Å²) in [6, 6.07) is 14.6. The molecule has 0 radical (unpaired) electrons. The molecule has 2 rings (SSSR count). The van der Waals surface area contributed by atoms with E-state index in [-0.39, 0.29) is 18.4 Å². The summed E-state index contributed by atoms with van der Waals surface area (Å²) in [7, 11) is 0. The van der Waals surface area contributed by atoms with Crippen LogP contribution in [0, 0.1) is 0 Å². The van der Waals surface area contributed by atoms with Gasteiger partial charge in [-0.2, -0.15) is 0 Å². The first-order valence-electron chi connectivity index (χ1n) is 8.61. The number of nitrogens with zero attached hydrogens (tertiary/aromatic N) is 1. The van der Waals surface area contributed by atoms with Crippen LogP contribution in [0.3, 0.4) is 0 Å². The van der Waals surface area contributed by atoms with E-state index in [4.69, 9.17) is 11.6 Å². The van der Waals surface area contributed by atoms with Crippen LogP contribution in [0.2, 0.25) is 5.02 Å². The summed E-state index contributed by atoms with van der Waals surface area (Å²) in [6.07, 6.45) is 0. The van der Waals surface area contributed by atoms with Gasteiger partial charge in [0.15, 0.2) is 0 Å². The van der Waals surface area contributed by atoms with Crippen molar-refractivity contribution >= 4 is 34.8 Å². The number of anilines is 2. The minimum atomic E-state index is -0.297. The van der Waals surface area contributed by atoms with Crippen LogP contribution in [0.25, 0.3) is 0 Å². The van der Waals surface area contributed by atoms with E-state index in [1.807, 2.05) is 12.1 Å². The summed E-state index contributed by atoms with van der Waals surface area (Å²) < 4.78 is 0. The van der Waals surface area contributed by atoms with Gasteiger partial charge in [0, 0.05) is 34.5 Å². The highest BCUT2D eigenvalue weighted by molar-refractivity contribution is 6.30. The number of hydrogen-bond acceptors (Lipinski definition) is 3. The van der Waals surface area contributed by atoms with Crippen molar-refractivity contribution in [1.29, 1.82) is 0 Å². The number of nitrogens with one attached hydrogen (secondary N) is 2. The fourth-order valence-electron chi connectivity index (χ4n) is 2.65. The molecule has 6 heteroatoms. The summed E-state index contributed by atoms with van der Waals surface area (Å²) in [6.45, 7) is 7.15. The first-order chi connectivity index (χ1) is 12.4. The molecular formula is C20H24ClN3O2. The standard InChI is InChI=1S/C20H24ClN3O2/c1-4-24(14(2)3)18-11-5-15(6-12-18)20(26)22-13-19(25)23-17-9-7-16(21)8-10-17/h5-12,14H,4,13H2,1-3H3,(H,22,26)(H,23,25). The predicted octanol–water partition coefficient (Wildman–Crippen LogP) is 3.94. The minimum Gasteiger partial charge on any atom is -0.369 e. The van der Waals surface area contributed by atoms with E-state index >= 15 is 0 Å². The van der Waals surface area contributed by atoms with Crippen LogP contribution >= 0.6 is 11.6 Å². The molecule has 2 N–H and O–H groups in total. The second kappa shape index (κ2) is 9.25. The Bertz CT molecular complexity index is 743. The molecule has 0 atom stereocenters. The molecule has 0 fully saturated rings. The van der Waals surface area contributed by atoms with Crippen molar-refractivity contribution in [2.24, 2.45) is 0 Å². The fourth-order valence-corrected chi connectivity index (χ4v) is 2.78. The zero-order valence-corrected chi connectivity index (χ0v) is 16.0. The number of carbonyl (C=O) groups is 2. The normalized spacial score (nSPS) is 10.5. The van der Waals surface area contributed by atoms with Gasteiger partial charge in [0.25, 0.3) is 5.91 Å². The van der Waals surface area contributed by atoms with Gasteiger partial charge in [0.2, 0.25) is 5.91 Å². The van der Waals surface area contributed by atoms with Gasteiger partial charge >= 0.3 is 0 Å². The molecule has 0 bridgehead atoms. The van der Waals surface area contributed by atoms with Crippen molar-refractivity contribution < 1.29 is 9.59 Å². The highest BCUT2D eigenvalue weighted by Gasteiger charge is 2.11. The average Bonchev–Trinajstić information content (AvgIpc) is 2.62. The van der Waals surface area contributed by atoms with E-state index in [2.05, 4.69) is 36.3 Å². The lowest BCUT2D eigenvalue weighted by atomic mass is 10.1. The first-order valence-corrected chi connectivity index (χ1v) is 8.98. The molecule has 2 amide bonds. The highest BCUT2D eigenvalue weighted by atomic mass is 35.5. The second-order valence-electron chi connectivity index (χ2n) is 6.16. The predicted molar refractivity (Wildman–Crippen MR) is 107 cm³/mol. The van der Waals surface area contributed by atoms with Gasteiger partial charge < -0.3 is 15.5 Å². The van der Waals surface area contributed by atoms with Crippen molar-refractivity contribution in [2.75, 3.05) is 23.3 Å². The van der Waals surface area contributed by atoms with E-state index in [0.29, 0.717) is 22.3 Å². The molecule has 0 spiro atoms. The van der Waals surface area contributed by atoms with E-state index in [1.165, 1.54) is 0 Å². The van der Waals surface area contributed by atoms with Gasteiger partial charge in [-0.15, -0.1) is 0 Å². The maximum atomic E-state index is 12.2. The largest absolute Gasteiger partial charge is 0.369 e. The molecule has 0 aliphatic heterocycles. The molecule has 0 aliphatic carbocycles. The summed E-state index contributed by atoms with van der Waals surface area (Å²) in [5, 5.41) is 5.92. The van der Waals surface area contributed by atoms with Crippen molar-refractivity contribution in [3.05, 3.63) is 59.1 Å². The Morgan fingerprint density at radius 3 is 2.19 bits per heavy atom. The van der Waals surface area contributed by atoms with Gasteiger partial charge in [-0.25, -0.2) is 0 Å². The third-order valence-electron chi connectivity index (χ3n) is 3.96. The van der Waals surface area contributed by atoms with Crippen LogP contribution in [0.1, 0.15) is 31.1 Å². The Labute approximate surface area is 159 Å². The molecule has 0 aliphatic rings. The maximum Gasteiger partial charge on any atom is 0.251 e. The third-order valence-corrected chi connectivity index (χ3v) is 4.21. The van der Waals surface area contributed by atoms with Crippen LogP contribution in [-0.2, 0) is 4.79 Å². The zero-order valence-electron chi connectivity index (χ0n) is 15.3. The van der Waals surface area contributed by atoms with Gasteiger partial charge in [0.05, 0.1) is 6.54 Å². The van der Waals surface area contributed by atoms with Crippen LogP contribution < -0.4 is 15.5 Å². The Morgan fingerprint density at radius 1 is 1.04 bits per heavy atom. The third kappa shape index (κ3) is 5.49. The SMILES string of the molecule is CCN(c1ccc(C(=O)NCC(=O)Nc2ccc(Cl)cc2)cc1)C(C)C. The van der Waals surface area contributed by atoms with Crippen LogP contribution in [0.15, 0.2) is 48.5 Å². The summed E-state index contributed by atoms with van der Waals surface area (Å²) in [4.78, 5) is 26.4.